The Balaban J connectivity index is 6.17. The highest BCUT2D eigenvalue weighted by Crippen LogP contribution is 1.97. The first-order valence-corrected chi connectivity index (χ1v) is 1.88. The zero-order valence-corrected chi connectivity index (χ0v) is 4.26. The quantitative estimate of drug-likeness (QED) is 0.573. The van der Waals surface area contributed by atoms with Crippen LogP contribution in [0.25, 0.3) is 1.43 Å². The van der Waals surface area contributed by atoms with Crippen LogP contribution in [0.3, 0.4) is 0 Å². The summed E-state index contributed by atoms with van der Waals surface area (Å²) >= 11 is 0. The predicted octanol–water partition coefficient (Wildman–Crippen LogP) is 0.590. The smallest absolute Gasteiger partial charge is 0.303 e. The molecule has 9 heavy (non-hydrogen) atoms. The summed E-state index contributed by atoms with van der Waals surface area (Å²) in [6, 6.07) is 0. The summed E-state index contributed by atoms with van der Waals surface area (Å²) in [5, 5.41) is 3.27. The summed E-state index contributed by atoms with van der Waals surface area (Å²) in [5.74, 6) is -2.15. The molecule has 0 aromatic heterocycles. The Hall–Kier alpha value is -0.570. The van der Waals surface area contributed by atoms with E-state index >= 15 is 0 Å². The lowest BCUT2D eigenvalue weighted by Crippen LogP contribution is -1.99. The van der Waals surface area contributed by atoms with Crippen LogP contribution < -0.4 is 5.72 Å². The van der Waals surface area contributed by atoms with Gasteiger partial charge in [-0.25, -0.2) is 0 Å². The second kappa shape index (κ2) is 5.56. The summed E-state index contributed by atoms with van der Waals surface area (Å²) in [7, 11) is 0. The van der Waals surface area contributed by atoms with Crippen molar-refractivity contribution in [3.05, 3.63) is 0 Å². The third-order valence-corrected chi connectivity index (χ3v) is 0.345. The van der Waals surface area contributed by atoms with Crippen molar-refractivity contribution in [3.63, 3.8) is 0 Å². The monoisotopic (exact) mass is 144 g/mol. The van der Waals surface area contributed by atoms with Gasteiger partial charge in [0.1, 0.15) is 2.82 Å². The van der Waals surface area contributed by atoms with Gasteiger partial charge >= 0.3 is 5.97 Å². The Kier molecular flexibility index (Phi) is 0.689. The second-order valence-electron chi connectivity index (χ2n) is 0.899. The Bertz CT molecular complexity index is 432. The van der Waals surface area contributed by atoms with E-state index in [0.29, 0.717) is 0 Å². The van der Waals surface area contributed by atoms with Crippen molar-refractivity contribution in [2.45, 2.75) is 25.5 Å². The van der Waals surface area contributed by atoms with Crippen LogP contribution in [-0.2, 0) is 4.79 Å². The third kappa shape index (κ3) is 7.43. The van der Waals surface area contributed by atoms with Crippen LogP contribution in [-0.4, -0.2) is 17.6 Å². The lowest BCUT2D eigenvalue weighted by molar-refractivity contribution is -0.137. The van der Waals surface area contributed by atoms with E-state index in [1.54, 1.807) is 0 Å². The highest BCUT2D eigenvalue weighted by atomic mass is 16.4. The van der Waals surface area contributed by atoms with Gasteiger partial charge in [0, 0.05) is 20.1 Å². The molecule has 3 heteroatoms. The minimum absolute atomic E-state index is 0.834. The minimum atomic E-state index is -4.03. The Morgan fingerprint density at radius 3 is 3.33 bits per heavy atom. The standard InChI is InChI=1S/C6H13NO2/c7-5-3-1-2-4-6(8)9/h1-5,7H2,(H,8,9)/i1D2,2D2,3D2,4D2,5D2/hD3. The van der Waals surface area contributed by atoms with Crippen LogP contribution in [0.15, 0.2) is 0 Å². The molecule has 0 fully saturated rings. The molecule has 0 atom stereocenters. The van der Waals surface area contributed by atoms with Gasteiger partial charge in [-0.3, -0.25) is 4.79 Å². The maximum atomic E-state index is 11.1. The summed E-state index contributed by atoms with van der Waals surface area (Å²) in [4.78, 5) is 11.1. The van der Waals surface area contributed by atoms with E-state index in [1.165, 1.54) is 0 Å². The molecule has 0 rings (SSSR count). The molecule has 3 N–H and O–H groups in total. The maximum Gasteiger partial charge on any atom is 0.303 e. The van der Waals surface area contributed by atoms with Crippen molar-refractivity contribution < 1.29 is 26.4 Å². The molecule has 0 aromatic rings. The number of carboxylic acid groups (broad SMARTS) is 1. The Morgan fingerprint density at radius 2 is 2.67 bits per heavy atom. The average molecular weight is 144 g/mol. The number of hydrogen-bond acceptors (Lipinski definition) is 3. The van der Waals surface area contributed by atoms with Crippen molar-refractivity contribution >= 4 is 5.97 Å². The van der Waals surface area contributed by atoms with Crippen molar-refractivity contribution in [2.24, 2.45) is 5.72 Å². The van der Waals surface area contributed by atoms with Crippen LogP contribution in [0.2, 0.25) is 2.82 Å². The van der Waals surface area contributed by atoms with Crippen LogP contribution in [0.4, 0.5) is 0 Å². The summed E-state index contributed by atoms with van der Waals surface area (Å²) in [5.41, 5.74) is -0.834. The fourth-order valence-electron chi connectivity index (χ4n) is 0.141. The molecule has 54 valence electrons. The topological polar surface area (TPSA) is 63.3 Å². The molecule has 0 saturated heterocycles. The molecule has 0 aliphatic heterocycles. The highest BCUT2D eigenvalue weighted by molar-refractivity contribution is 5.66. The van der Waals surface area contributed by atoms with Crippen LogP contribution >= 0.6 is 0 Å². The second-order valence-corrected chi connectivity index (χ2v) is 0.899. The van der Waals surface area contributed by atoms with Gasteiger partial charge in [-0.15, -0.1) is 0 Å². The maximum absolute atomic E-state index is 11.1. The van der Waals surface area contributed by atoms with E-state index in [1.807, 2.05) is 0 Å². The summed E-state index contributed by atoms with van der Waals surface area (Å²) in [6.07, 6.45) is -15.8. The molecule has 0 saturated carbocycles. The molecule has 0 spiro atoms. The summed E-state index contributed by atoms with van der Waals surface area (Å²) < 4.78 is 93.5. The molecule has 0 amide bonds. The van der Waals surface area contributed by atoms with Crippen LogP contribution in [0, 0.1) is 0 Å². The number of rotatable bonds is 6. The van der Waals surface area contributed by atoms with E-state index in [4.69, 9.17) is 18.0 Å². The first-order chi connectivity index (χ1) is 9.42. The molecular formula is C6H13NO2. The lowest BCUT2D eigenvalue weighted by Gasteiger charge is -1.93. The van der Waals surface area contributed by atoms with Gasteiger partial charge in [0.2, 0.25) is 0 Å². The van der Waals surface area contributed by atoms with Crippen molar-refractivity contribution in [3.8, 4) is 0 Å². The number of nitrogens with two attached hydrogens (primary N) is 1. The Labute approximate surface area is 73.3 Å². The van der Waals surface area contributed by atoms with Crippen LogP contribution in [0.5, 0.6) is 0 Å². The van der Waals surface area contributed by atoms with Gasteiger partial charge in [0.25, 0.3) is 1.43 Å². The molecule has 0 unspecified atom stereocenters. The van der Waals surface area contributed by atoms with E-state index in [9.17, 15) is 4.79 Å². The van der Waals surface area contributed by atoms with Crippen molar-refractivity contribution in [2.75, 3.05) is 6.50 Å². The molecule has 0 aromatic carbocycles. The molecule has 0 heterocycles. The molecule has 0 aliphatic rings. The van der Waals surface area contributed by atoms with Gasteiger partial charge in [-0.2, -0.15) is 0 Å². The first-order valence-electron chi connectivity index (χ1n) is 8.18. The summed E-state index contributed by atoms with van der Waals surface area (Å²) in [6.45, 7) is -3.69. The van der Waals surface area contributed by atoms with E-state index in [-0.39, 0.29) is 0 Å². The highest BCUT2D eigenvalue weighted by Gasteiger charge is 1.94. The van der Waals surface area contributed by atoms with E-state index in [2.05, 4.69) is 5.11 Å². The number of aliphatic carboxylic acids is 1. The largest absolute Gasteiger partial charge is 0.481 e. The third-order valence-electron chi connectivity index (χ3n) is 0.345. The number of carbonyl (C=O) groups is 1. The molecule has 3 nitrogen and oxygen atoms in total. The first kappa shape index (κ1) is 1.11. The SMILES string of the molecule is [2H]OC(=O)C([2H])([2H])C([2H])([2H])C([2H])([2H])C([2H])([2H])C([2H])([2H])N([2H])[2H]. The van der Waals surface area contributed by atoms with Gasteiger partial charge in [-0.1, -0.05) is 6.37 Å². The average Bonchev–Trinajstić information content (AvgIpc) is 2.36. The fourth-order valence-corrected chi connectivity index (χ4v) is 0.141. The molecule has 0 radical (unpaired) electrons. The minimum Gasteiger partial charge on any atom is -0.481 e. The predicted molar refractivity (Wildman–Crippen MR) is 35.2 cm³/mol. The normalized spacial score (nSPS) is 38.6. The molecular weight excluding hydrogens is 118 g/mol. The lowest BCUT2D eigenvalue weighted by atomic mass is 10.2. The molecule has 0 aliphatic carbocycles. The van der Waals surface area contributed by atoms with Crippen molar-refractivity contribution in [1.29, 1.82) is 1.43 Å². The van der Waals surface area contributed by atoms with Gasteiger partial charge in [0.15, 0.2) is 0 Å². The fraction of sp³-hybridized carbons (Fsp3) is 0.833. The Morgan fingerprint density at radius 1 is 1.78 bits per heavy atom. The van der Waals surface area contributed by atoms with Gasteiger partial charge in [-0.05, 0) is 19.2 Å². The van der Waals surface area contributed by atoms with Crippen molar-refractivity contribution in [1.82, 2.24) is 0 Å². The van der Waals surface area contributed by atoms with Crippen LogP contribution in [0.1, 0.15) is 39.2 Å². The number of hydrogen-bond donors (Lipinski definition) is 2. The molecule has 0 bridgehead atoms. The van der Waals surface area contributed by atoms with Gasteiger partial charge < -0.3 is 10.8 Å². The van der Waals surface area contributed by atoms with E-state index < -0.39 is 43.7 Å². The van der Waals surface area contributed by atoms with Gasteiger partial charge in [0.05, 0.1) is 0 Å². The van der Waals surface area contributed by atoms with E-state index in [0.717, 1.165) is 0 Å². The zero-order valence-electron chi connectivity index (χ0n) is 17.3. The zero-order chi connectivity index (χ0) is 18.4. The number of carboxylic acids is 1.